The standard InChI is InChI=1S/C17H31N5S.HI/c1-4-8-22-9-6-14(7-10-22)11-20-17(18-3)21-13-16-19-12-15(5-2)23-16;/h12,14H,4-11,13H2,1-3H3,(H2,18,20,21);1H. The minimum absolute atomic E-state index is 0. The zero-order valence-corrected chi connectivity index (χ0v) is 18.3. The lowest BCUT2D eigenvalue weighted by atomic mass is 9.97. The van der Waals surface area contributed by atoms with Crippen molar-refractivity contribution in [2.24, 2.45) is 10.9 Å². The van der Waals surface area contributed by atoms with E-state index in [1.54, 1.807) is 11.3 Å². The van der Waals surface area contributed by atoms with E-state index >= 15 is 0 Å². The van der Waals surface area contributed by atoms with Crippen molar-refractivity contribution in [3.05, 3.63) is 16.1 Å². The van der Waals surface area contributed by atoms with Crippen LogP contribution in [-0.4, -0.2) is 49.1 Å². The maximum absolute atomic E-state index is 4.44. The number of aromatic nitrogens is 1. The van der Waals surface area contributed by atoms with Gasteiger partial charge < -0.3 is 15.5 Å². The Morgan fingerprint density at radius 1 is 1.33 bits per heavy atom. The van der Waals surface area contributed by atoms with Gasteiger partial charge in [-0.15, -0.1) is 35.3 Å². The van der Waals surface area contributed by atoms with Crippen LogP contribution in [0.3, 0.4) is 0 Å². The number of aliphatic imine (C=N–C) groups is 1. The lowest BCUT2D eigenvalue weighted by Crippen LogP contribution is -2.42. The molecule has 0 atom stereocenters. The number of hydrogen-bond donors (Lipinski definition) is 2. The van der Waals surface area contributed by atoms with Crippen molar-refractivity contribution in [3.8, 4) is 0 Å². The van der Waals surface area contributed by atoms with Crippen molar-refractivity contribution in [2.75, 3.05) is 33.2 Å². The molecule has 1 aliphatic heterocycles. The molecule has 138 valence electrons. The molecule has 1 fully saturated rings. The van der Waals surface area contributed by atoms with Crippen LogP contribution in [-0.2, 0) is 13.0 Å². The maximum atomic E-state index is 4.44. The first-order valence-corrected chi connectivity index (χ1v) is 9.67. The van der Waals surface area contributed by atoms with Gasteiger partial charge in [0.1, 0.15) is 5.01 Å². The molecule has 0 saturated carbocycles. The second-order valence-corrected chi connectivity index (χ2v) is 7.37. The first-order chi connectivity index (χ1) is 11.2. The quantitative estimate of drug-likeness (QED) is 0.369. The number of halogens is 1. The Balaban J connectivity index is 0.00000288. The summed E-state index contributed by atoms with van der Waals surface area (Å²) in [5.41, 5.74) is 0. The number of hydrogen-bond acceptors (Lipinski definition) is 4. The van der Waals surface area contributed by atoms with Gasteiger partial charge in [0.2, 0.25) is 0 Å². The number of nitrogens with zero attached hydrogens (tertiary/aromatic N) is 3. The van der Waals surface area contributed by atoms with Gasteiger partial charge in [-0.05, 0) is 51.2 Å². The molecule has 5 nitrogen and oxygen atoms in total. The molecule has 0 aliphatic carbocycles. The number of piperidine rings is 1. The largest absolute Gasteiger partial charge is 0.356 e. The Labute approximate surface area is 167 Å². The van der Waals surface area contributed by atoms with Crippen LogP contribution < -0.4 is 10.6 Å². The summed E-state index contributed by atoms with van der Waals surface area (Å²) in [5, 5.41) is 7.97. The molecule has 0 bridgehead atoms. The number of thiazole rings is 1. The average Bonchev–Trinajstić information content (AvgIpc) is 3.05. The average molecular weight is 465 g/mol. The number of rotatable bonds is 7. The molecule has 0 unspecified atom stereocenters. The molecule has 0 aromatic carbocycles. The first-order valence-electron chi connectivity index (χ1n) is 8.85. The van der Waals surface area contributed by atoms with Gasteiger partial charge in [-0.25, -0.2) is 4.98 Å². The molecule has 1 saturated heterocycles. The van der Waals surface area contributed by atoms with E-state index in [1.165, 1.54) is 43.8 Å². The summed E-state index contributed by atoms with van der Waals surface area (Å²) >= 11 is 1.77. The molecule has 1 aromatic rings. The molecule has 7 heteroatoms. The van der Waals surface area contributed by atoms with Gasteiger partial charge in [0.15, 0.2) is 5.96 Å². The lowest BCUT2D eigenvalue weighted by molar-refractivity contribution is 0.185. The third-order valence-corrected chi connectivity index (χ3v) is 5.53. The minimum Gasteiger partial charge on any atom is -0.356 e. The second-order valence-electron chi connectivity index (χ2n) is 6.17. The molecule has 0 radical (unpaired) electrons. The summed E-state index contributed by atoms with van der Waals surface area (Å²) < 4.78 is 0. The van der Waals surface area contributed by atoms with Crippen LogP contribution in [0, 0.1) is 5.92 Å². The van der Waals surface area contributed by atoms with Crippen LogP contribution in [0.1, 0.15) is 43.0 Å². The fraction of sp³-hybridized carbons (Fsp3) is 0.765. The van der Waals surface area contributed by atoms with Gasteiger partial charge in [-0.1, -0.05) is 13.8 Å². The number of aryl methyl sites for hydroxylation is 1. The Hall–Kier alpha value is -0.410. The highest BCUT2D eigenvalue weighted by Crippen LogP contribution is 2.16. The summed E-state index contributed by atoms with van der Waals surface area (Å²) in [7, 11) is 1.83. The van der Waals surface area contributed by atoms with E-state index in [9.17, 15) is 0 Å². The Morgan fingerprint density at radius 3 is 2.67 bits per heavy atom. The summed E-state index contributed by atoms with van der Waals surface area (Å²) in [6.07, 6.45) is 6.87. The number of likely N-dealkylation sites (tertiary alicyclic amines) is 1. The smallest absolute Gasteiger partial charge is 0.191 e. The first kappa shape index (κ1) is 21.6. The van der Waals surface area contributed by atoms with Crippen LogP contribution >= 0.6 is 35.3 Å². The van der Waals surface area contributed by atoms with Crippen molar-refractivity contribution >= 4 is 41.3 Å². The van der Waals surface area contributed by atoms with E-state index in [0.29, 0.717) is 0 Å². The van der Waals surface area contributed by atoms with Crippen LogP contribution in [0.15, 0.2) is 11.2 Å². The van der Waals surface area contributed by atoms with Crippen LogP contribution in [0.2, 0.25) is 0 Å². The molecular weight excluding hydrogens is 433 g/mol. The predicted octanol–water partition coefficient (Wildman–Crippen LogP) is 3.11. The third kappa shape index (κ3) is 7.23. The topological polar surface area (TPSA) is 52.5 Å². The van der Waals surface area contributed by atoms with Crippen molar-refractivity contribution in [2.45, 2.75) is 46.1 Å². The van der Waals surface area contributed by atoms with E-state index in [-0.39, 0.29) is 24.0 Å². The van der Waals surface area contributed by atoms with Gasteiger partial charge in [0.25, 0.3) is 0 Å². The maximum Gasteiger partial charge on any atom is 0.191 e. The Bertz CT molecular complexity index is 483. The minimum atomic E-state index is 0. The number of nitrogens with one attached hydrogen (secondary N) is 2. The SMILES string of the molecule is CCCN1CCC(CNC(=NC)NCc2ncc(CC)s2)CC1.I. The summed E-state index contributed by atoms with van der Waals surface area (Å²) in [6, 6.07) is 0. The highest BCUT2D eigenvalue weighted by atomic mass is 127. The fourth-order valence-corrected chi connectivity index (χ4v) is 3.75. The zero-order valence-electron chi connectivity index (χ0n) is 15.2. The highest BCUT2D eigenvalue weighted by Gasteiger charge is 2.18. The van der Waals surface area contributed by atoms with Crippen molar-refractivity contribution in [1.29, 1.82) is 0 Å². The van der Waals surface area contributed by atoms with Gasteiger partial charge in [-0.2, -0.15) is 0 Å². The fourth-order valence-electron chi connectivity index (χ4n) is 2.94. The monoisotopic (exact) mass is 465 g/mol. The van der Waals surface area contributed by atoms with E-state index in [4.69, 9.17) is 0 Å². The van der Waals surface area contributed by atoms with Crippen molar-refractivity contribution in [1.82, 2.24) is 20.5 Å². The van der Waals surface area contributed by atoms with Gasteiger partial charge >= 0.3 is 0 Å². The van der Waals surface area contributed by atoms with Crippen molar-refractivity contribution in [3.63, 3.8) is 0 Å². The normalized spacial score (nSPS) is 16.7. The zero-order chi connectivity index (χ0) is 16.5. The van der Waals surface area contributed by atoms with Gasteiger partial charge in [0.05, 0.1) is 6.54 Å². The molecule has 2 N–H and O–H groups in total. The molecule has 0 spiro atoms. The molecule has 2 heterocycles. The highest BCUT2D eigenvalue weighted by molar-refractivity contribution is 14.0. The molecule has 2 rings (SSSR count). The molecule has 0 amide bonds. The molecule has 24 heavy (non-hydrogen) atoms. The van der Waals surface area contributed by atoms with Crippen LogP contribution in [0.5, 0.6) is 0 Å². The summed E-state index contributed by atoms with van der Waals surface area (Å²) in [6.45, 7) is 9.91. The summed E-state index contributed by atoms with van der Waals surface area (Å²) in [4.78, 5) is 12.7. The van der Waals surface area contributed by atoms with E-state index < -0.39 is 0 Å². The lowest BCUT2D eigenvalue weighted by Gasteiger charge is -2.32. The molecule has 1 aromatic heterocycles. The van der Waals surface area contributed by atoms with E-state index in [2.05, 4.69) is 39.4 Å². The second kappa shape index (κ2) is 12.0. The number of guanidine groups is 1. The van der Waals surface area contributed by atoms with Gasteiger partial charge in [-0.3, -0.25) is 4.99 Å². The van der Waals surface area contributed by atoms with Crippen molar-refractivity contribution < 1.29 is 0 Å². The van der Waals surface area contributed by atoms with E-state index in [1.807, 2.05) is 13.2 Å². The van der Waals surface area contributed by atoms with E-state index in [0.717, 1.165) is 36.4 Å². The van der Waals surface area contributed by atoms with Crippen LogP contribution in [0.25, 0.3) is 0 Å². The summed E-state index contributed by atoms with van der Waals surface area (Å²) in [5.74, 6) is 1.64. The predicted molar refractivity (Wildman–Crippen MR) is 115 cm³/mol. The van der Waals surface area contributed by atoms with Crippen LogP contribution in [0.4, 0.5) is 0 Å². The molecule has 1 aliphatic rings. The third-order valence-electron chi connectivity index (χ3n) is 4.39. The van der Waals surface area contributed by atoms with Gasteiger partial charge in [0, 0.05) is 24.7 Å². The Kier molecular flexibility index (Phi) is 10.8. The Morgan fingerprint density at radius 2 is 2.08 bits per heavy atom. The molecular formula is C17H32IN5S.